The summed E-state index contributed by atoms with van der Waals surface area (Å²) >= 11 is 3.05. The Morgan fingerprint density at radius 3 is 2.70 bits per heavy atom. The van der Waals surface area contributed by atoms with Crippen LogP contribution in [0.25, 0.3) is 27.4 Å². The number of methoxy groups -OCH3 is 2. The van der Waals surface area contributed by atoms with Gasteiger partial charge in [-0.1, -0.05) is 30.3 Å². The number of nitrogens with zero attached hydrogens (tertiary/aromatic N) is 4. The first-order valence-corrected chi connectivity index (χ1v) is 14.6. The summed E-state index contributed by atoms with van der Waals surface area (Å²) in [5.74, 6) is 1.91. The lowest BCUT2D eigenvalue weighted by atomic mass is 9.74. The molecular weight excluding hydrogens is 548 g/mol. The van der Waals surface area contributed by atoms with E-state index in [2.05, 4.69) is 45.8 Å². The number of fused-ring (bicyclic) bond motifs is 2. The topological polar surface area (TPSA) is 93.1 Å². The van der Waals surface area contributed by atoms with Gasteiger partial charge in [-0.15, -0.1) is 16.4 Å². The summed E-state index contributed by atoms with van der Waals surface area (Å²) in [4.78, 5) is 10.2. The Hall–Kier alpha value is -3.93. The van der Waals surface area contributed by atoms with Gasteiger partial charge in [-0.3, -0.25) is 0 Å². The largest absolute Gasteiger partial charge is 0.496 e. The highest BCUT2D eigenvalue weighted by Gasteiger charge is 2.39. The van der Waals surface area contributed by atoms with Crippen LogP contribution < -0.4 is 14.2 Å². The van der Waals surface area contributed by atoms with Crippen molar-refractivity contribution >= 4 is 38.6 Å². The van der Waals surface area contributed by atoms with Gasteiger partial charge < -0.3 is 23.4 Å². The Labute approximate surface area is 237 Å². The molecule has 0 aliphatic carbocycles. The lowest BCUT2D eigenvalue weighted by Gasteiger charge is -2.36. The fraction of sp³-hybridized carbons (Fsp3) is 0.276. The van der Waals surface area contributed by atoms with Gasteiger partial charge in [0.1, 0.15) is 34.4 Å². The fourth-order valence-corrected chi connectivity index (χ4v) is 7.00. The molecule has 1 saturated heterocycles. The van der Waals surface area contributed by atoms with Crippen molar-refractivity contribution in [3.8, 4) is 28.1 Å². The summed E-state index contributed by atoms with van der Waals surface area (Å²) in [6.07, 6.45) is 3.56. The molecule has 40 heavy (non-hydrogen) atoms. The van der Waals surface area contributed by atoms with Crippen LogP contribution in [0.15, 0.2) is 64.5 Å². The minimum Gasteiger partial charge on any atom is -0.496 e. The van der Waals surface area contributed by atoms with Crippen LogP contribution >= 0.6 is 22.7 Å². The van der Waals surface area contributed by atoms with Gasteiger partial charge in [0.15, 0.2) is 5.76 Å². The van der Waals surface area contributed by atoms with Crippen molar-refractivity contribution < 1.29 is 23.4 Å². The van der Waals surface area contributed by atoms with Gasteiger partial charge in [-0.25, -0.2) is 9.97 Å². The third-order valence-electron chi connectivity index (χ3n) is 7.31. The fourth-order valence-electron chi connectivity index (χ4n) is 5.22. The minimum atomic E-state index is -0.139. The molecule has 6 aromatic rings. The molecule has 1 aliphatic heterocycles. The number of furan rings is 1. The summed E-state index contributed by atoms with van der Waals surface area (Å²) in [6.45, 7) is 1.77. The molecule has 2 aromatic carbocycles. The number of ether oxygens (including phenoxy) is 4. The van der Waals surface area contributed by atoms with Crippen LogP contribution in [0.2, 0.25) is 0 Å². The van der Waals surface area contributed by atoms with E-state index in [0.717, 1.165) is 52.8 Å². The summed E-state index contributed by atoms with van der Waals surface area (Å²) in [7, 11) is 3.21. The van der Waals surface area contributed by atoms with E-state index in [1.54, 1.807) is 36.3 Å². The standard InChI is InChI=1S/C29H26N4O5S2/c1-34-20-12-23(21-14-25(38-24(21)13-20)22-15-30-27-33(22)32-28(35-2)40-27)37-16-19-17-39-26(31-19)29(8-10-36-11-9-29)18-6-4-3-5-7-18/h3-7,12-15,17H,8-11,16H2,1-2H3. The maximum atomic E-state index is 6.35. The first-order chi connectivity index (χ1) is 19.7. The number of benzene rings is 2. The number of thiazole rings is 1. The predicted molar refractivity (Wildman–Crippen MR) is 153 cm³/mol. The SMILES string of the molecule is COc1cc(OCc2csc(C3(c4ccccc4)CCOCC3)n2)c2cc(-c3cnc4sc(OC)nn34)oc2c1. The summed E-state index contributed by atoms with van der Waals surface area (Å²) < 4.78 is 30.8. The van der Waals surface area contributed by atoms with E-state index in [-0.39, 0.29) is 5.41 Å². The molecule has 0 N–H and O–H groups in total. The zero-order valence-electron chi connectivity index (χ0n) is 22.0. The van der Waals surface area contributed by atoms with Crippen LogP contribution in [0.1, 0.15) is 29.1 Å². The first kappa shape index (κ1) is 25.1. The van der Waals surface area contributed by atoms with Crippen LogP contribution in [0, 0.1) is 0 Å². The van der Waals surface area contributed by atoms with Gasteiger partial charge in [0.05, 0.1) is 36.9 Å². The van der Waals surface area contributed by atoms with Crippen LogP contribution in [0.5, 0.6) is 16.7 Å². The van der Waals surface area contributed by atoms with E-state index in [1.807, 2.05) is 18.2 Å². The molecule has 0 unspecified atom stereocenters. The summed E-state index contributed by atoms with van der Waals surface area (Å²) in [6, 6.07) is 16.3. The van der Waals surface area contributed by atoms with Crippen molar-refractivity contribution in [2.24, 2.45) is 0 Å². The van der Waals surface area contributed by atoms with Crippen molar-refractivity contribution in [3.63, 3.8) is 0 Å². The number of rotatable bonds is 8. The van der Waals surface area contributed by atoms with E-state index in [1.165, 1.54) is 16.9 Å². The molecular formula is C29H26N4O5S2. The normalized spacial score (nSPS) is 15.1. The lowest BCUT2D eigenvalue weighted by molar-refractivity contribution is 0.0629. The van der Waals surface area contributed by atoms with E-state index in [9.17, 15) is 0 Å². The first-order valence-electron chi connectivity index (χ1n) is 12.9. The van der Waals surface area contributed by atoms with Gasteiger partial charge in [-0.2, -0.15) is 4.52 Å². The Kier molecular flexibility index (Phi) is 6.41. The zero-order valence-corrected chi connectivity index (χ0v) is 23.6. The molecule has 204 valence electrons. The zero-order chi connectivity index (χ0) is 27.1. The second kappa shape index (κ2) is 10.2. The smallest absolute Gasteiger partial charge is 0.294 e. The molecule has 4 aromatic heterocycles. The number of imidazole rings is 1. The van der Waals surface area contributed by atoms with E-state index < -0.39 is 0 Å². The molecule has 1 fully saturated rings. The molecule has 9 nitrogen and oxygen atoms in total. The number of hydrogen-bond acceptors (Lipinski definition) is 10. The van der Waals surface area contributed by atoms with Crippen molar-refractivity contribution in [2.45, 2.75) is 24.9 Å². The molecule has 0 radical (unpaired) electrons. The Balaban J connectivity index is 1.19. The van der Waals surface area contributed by atoms with Gasteiger partial charge in [0, 0.05) is 30.7 Å². The van der Waals surface area contributed by atoms with E-state index >= 15 is 0 Å². The number of aromatic nitrogens is 4. The van der Waals surface area contributed by atoms with Crippen LogP contribution in [0.4, 0.5) is 0 Å². The average molecular weight is 575 g/mol. The highest BCUT2D eigenvalue weighted by atomic mass is 32.1. The molecule has 5 heterocycles. The predicted octanol–water partition coefficient (Wildman–Crippen LogP) is 6.35. The van der Waals surface area contributed by atoms with Crippen LogP contribution in [-0.2, 0) is 16.8 Å². The molecule has 0 amide bonds. The monoisotopic (exact) mass is 574 g/mol. The van der Waals surface area contributed by atoms with Crippen LogP contribution in [0.3, 0.4) is 0 Å². The molecule has 0 atom stereocenters. The van der Waals surface area contributed by atoms with Gasteiger partial charge >= 0.3 is 0 Å². The minimum absolute atomic E-state index is 0.139. The van der Waals surface area contributed by atoms with Gasteiger partial charge in [-0.05, 0) is 35.8 Å². The summed E-state index contributed by atoms with van der Waals surface area (Å²) in [5, 5.41) is 9.01. The average Bonchev–Trinajstić information content (AvgIpc) is 3.80. The highest BCUT2D eigenvalue weighted by molar-refractivity contribution is 7.18. The lowest BCUT2D eigenvalue weighted by Crippen LogP contribution is -2.35. The Bertz CT molecular complexity index is 1780. The van der Waals surface area contributed by atoms with E-state index in [0.29, 0.717) is 34.6 Å². The van der Waals surface area contributed by atoms with Gasteiger partial charge in [0.2, 0.25) is 4.96 Å². The molecule has 0 bridgehead atoms. The molecule has 1 aliphatic rings. The summed E-state index contributed by atoms with van der Waals surface area (Å²) in [5.41, 5.74) is 3.40. The van der Waals surface area contributed by atoms with Crippen molar-refractivity contribution in [2.75, 3.05) is 27.4 Å². The van der Waals surface area contributed by atoms with Crippen molar-refractivity contribution in [3.05, 3.63) is 76.4 Å². The molecule has 11 heteroatoms. The third-order valence-corrected chi connectivity index (χ3v) is 9.29. The second-order valence-corrected chi connectivity index (χ2v) is 11.3. The molecule has 0 saturated carbocycles. The maximum absolute atomic E-state index is 6.35. The number of hydrogen-bond donors (Lipinski definition) is 0. The maximum Gasteiger partial charge on any atom is 0.294 e. The molecule has 0 spiro atoms. The second-order valence-electron chi connectivity index (χ2n) is 9.55. The van der Waals surface area contributed by atoms with E-state index in [4.69, 9.17) is 28.3 Å². The highest BCUT2D eigenvalue weighted by Crippen LogP contribution is 2.43. The third kappa shape index (κ3) is 4.30. The quantitative estimate of drug-likeness (QED) is 0.208. The Morgan fingerprint density at radius 1 is 1.05 bits per heavy atom. The van der Waals surface area contributed by atoms with Crippen LogP contribution in [-0.4, -0.2) is 47.0 Å². The Morgan fingerprint density at radius 2 is 1.90 bits per heavy atom. The van der Waals surface area contributed by atoms with Gasteiger partial charge in [0.25, 0.3) is 5.19 Å². The van der Waals surface area contributed by atoms with Crippen molar-refractivity contribution in [1.82, 2.24) is 19.6 Å². The molecule has 7 rings (SSSR count). The van der Waals surface area contributed by atoms with Crippen molar-refractivity contribution in [1.29, 1.82) is 0 Å².